The normalized spacial score (nSPS) is 22.1. The van der Waals surface area contributed by atoms with Gasteiger partial charge in [-0.05, 0) is 153 Å². The molecule has 5 heterocycles. The van der Waals surface area contributed by atoms with Gasteiger partial charge in [0.25, 0.3) is 0 Å². The molecule has 1 fully saturated rings. The molecule has 0 saturated carbocycles. The first-order valence-electron chi connectivity index (χ1n) is 23.0. The van der Waals surface area contributed by atoms with Gasteiger partial charge in [0, 0.05) is 46.4 Å². The minimum atomic E-state index is -1.09. The molecular weight excluding hydrogens is 797 g/mol. The van der Waals surface area contributed by atoms with Gasteiger partial charge in [-0.15, -0.1) is 0 Å². The van der Waals surface area contributed by atoms with Crippen LogP contribution >= 0.6 is 0 Å². The van der Waals surface area contributed by atoms with Crippen LogP contribution in [0.4, 0.5) is 0 Å². The fourth-order valence-corrected chi connectivity index (χ4v) is 9.38. The molecular formula is C55H68N4O5. The van der Waals surface area contributed by atoms with Crippen LogP contribution in [0, 0.1) is 17.8 Å². The number of nitrogens with one attached hydrogen (secondary N) is 1. The van der Waals surface area contributed by atoms with Crippen LogP contribution in [0.15, 0.2) is 166 Å². The third-order valence-electron chi connectivity index (χ3n) is 13.4. The van der Waals surface area contributed by atoms with Crippen molar-refractivity contribution in [2.24, 2.45) is 32.7 Å². The third-order valence-corrected chi connectivity index (χ3v) is 13.4. The number of aliphatic hydroxyl groups excluding tert-OH is 1. The van der Waals surface area contributed by atoms with E-state index in [-0.39, 0.29) is 36.6 Å². The summed E-state index contributed by atoms with van der Waals surface area (Å²) in [7, 11) is 1.33. The molecule has 2 N–H and O–H groups in total. The fraction of sp³-hybridized carbons (Fsp3) is 0.436. The number of ether oxygens (including phenoxy) is 2. The van der Waals surface area contributed by atoms with E-state index in [1.807, 2.05) is 38.2 Å². The molecule has 0 aromatic rings. The van der Waals surface area contributed by atoms with Crippen molar-refractivity contribution in [1.29, 1.82) is 0 Å². The summed E-state index contributed by atoms with van der Waals surface area (Å²) in [6, 6.07) is 0. The number of carbonyl (C=O) groups is 2. The fourth-order valence-electron chi connectivity index (χ4n) is 9.38. The van der Waals surface area contributed by atoms with Crippen molar-refractivity contribution < 1.29 is 24.2 Å². The van der Waals surface area contributed by atoms with Crippen LogP contribution in [0.25, 0.3) is 0 Å². The molecule has 0 radical (unpaired) electrons. The zero-order valence-corrected chi connectivity index (χ0v) is 40.1. The Labute approximate surface area is 381 Å². The minimum Gasteiger partial charge on any atom is -0.510 e. The lowest BCUT2D eigenvalue weighted by atomic mass is 9.84. The van der Waals surface area contributed by atoms with Crippen molar-refractivity contribution >= 4 is 29.1 Å². The molecule has 1 aliphatic carbocycles. The maximum absolute atomic E-state index is 13.6. The van der Waals surface area contributed by atoms with Gasteiger partial charge in [0.05, 0.1) is 41.3 Å². The smallest absolute Gasteiger partial charge is 0.321 e. The number of hydrogen-bond acceptors (Lipinski definition) is 9. The van der Waals surface area contributed by atoms with Crippen molar-refractivity contribution in [3.8, 4) is 0 Å². The summed E-state index contributed by atoms with van der Waals surface area (Å²) >= 11 is 0. The second kappa shape index (κ2) is 20.8. The van der Waals surface area contributed by atoms with Gasteiger partial charge in [0.1, 0.15) is 18.3 Å². The van der Waals surface area contributed by atoms with Crippen molar-refractivity contribution in [2.45, 2.75) is 127 Å². The first-order chi connectivity index (χ1) is 30.6. The standard InChI is InChI=1S/C55H68N4O5/c1-13-39-35(8)42-28-44-37(10)41(24-25-48(60)64-27-26-34(7)23-17-22-33(6)21-16-20-32(5)19-15-18-31(3)4)52(58-44)50-51(55(62)63-12)54(61)49-38(11)45(59-53(49)50)30-47-40(14-2)36(9)43(57-47)29-46(39)56-42/h13,18,20,22,26,28-30,37,41,51,58,61H,1,14-17,19,21,23-25,27H2,2-12H3/b32-20+,33-22+,34-26+,44-28?,46-29?,47-30?,52-50?/t37-,41-,51+/m0/s1. The summed E-state index contributed by atoms with van der Waals surface area (Å²) in [5.74, 6) is -2.42. The molecule has 338 valence electrons. The SMILES string of the molecule is C=CC1=C(C)C2=NC1=CC1=NC(=CC3=C(C)C4=C(O)[C@H](C(=O)OC)C(=C5NC(=C2)[C@@H](C)[C@@H]5CCC(=O)OC/C=C(\C)CC/C=C(\C)CC/C=C(\C)CCC=C(C)C)C4=N3)C(CC)=C1C. The lowest BCUT2D eigenvalue weighted by Gasteiger charge is -2.20. The molecule has 64 heavy (non-hydrogen) atoms. The van der Waals surface area contributed by atoms with E-state index in [0.29, 0.717) is 29.0 Å². The largest absolute Gasteiger partial charge is 0.510 e. The van der Waals surface area contributed by atoms with Gasteiger partial charge in [-0.3, -0.25) is 9.59 Å². The summed E-state index contributed by atoms with van der Waals surface area (Å²) in [4.78, 5) is 42.4. The number of esters is 2. The Bertz CT molecular complexity index is 2490. The van der Waals surface area contributed by atoms with Crippen molar-refractivity contribution in [2.75, 3.05) is 13.7 Å². The topological polar surface area (TPSA) is 122 Å². The van der Waals surface area contributed by atoms with Crippen LogP contribution in [0.2, 0.25) is 0 Å². The van der Waals surface area contributed by atoms with E-state index in [0.717, 1.165) is 107 Å². The van der Waals surface area contributed by atoms with Crippen molar-refractivity contribution in [3.63, 3.8) is 0 Å². The Balaban J connectivity index is 1.23. The first-order valence-corrected chi connectivity index (χ1v) is 23.0. The van der Waals surface area contributed by atoms with Gasteiger partial charge in [0.2, 0.25) is 0 Å². The summed E-state index contributed by atoms with van der Waals surface area (Å²) < 4.78 is 11.1. The van der Waals surface area contributed by atoms with E-state index in [1.54, 1.807) is 0 Å². The number of methoxy groups -OCH3 is 1. The Hall–Kier alpha value is -5.83. The van der Waals surface area contributed by atoms with Crippen LogP contribution in [0.3, 0.4) is 0 Å². The Kier molecular flexibility index (Phi) is 15.5. The molecule has 0 unspecified atom stereocenters. The highest BCUT2D eigenvalue weighted by Crippen LogP contribution is 2.49. The maximum Gasteiger partial charge on any atom is 0.321 e. The van der Waals surface area contributed by atoms with Crippen LogP contribution < -0.4 is 5.32 Å². The lowest BCUT2D eigenvalue weighted by Crippen LogP contribution is -2.25. The maximum atomic E-state index is 13.6. The lowest BCUT2D eigenvalue weighted by molar-refractivity contribution is -0.144. The number of carbonyl (C=O) groups excluding carboxylic acids is 2. The molecule has 8 bridgehead atoms. The summed E-state index contributed by atoms with van der Waals surface area (Å²) in [5, 5.41) is 15.6. The molecule has 0 amide bonds. The van der Waals surface area contributed by atoms with Crippen LogP contribution in [-0.4, -0.2) is 47.9 Å². The minimum absolute atomic E-state index is 0.0911. The van der Waals surface area contributed by atoms with E-state index in [2.05, 4.69) is 91.6 Å². The highest BCUT2D eigenvalue weighted by atomic mass is 16.5. The van der Waals surface area contributed by atoms with Gasteiger partial charge in [-0.2, -0.15) is 0 Å². The zero-order chi connectivity index (χ0) is 46.4. The quantitative estimate of drug-likeness (QED) is 0.111. The van der Waals surface area contributed by atoms with Gasteiger partial charge < -0.3 is 19.9 Å². The van der Waals surface area contributed by atoms with E-state index in [4.69, 9.17) is 24.5 Å². The number of aliphatic hydroxyl groups is 1. The Morgan fingerprint density at radius 3 is 2.06 bits per heavy atom. The molecule has 6 aliphatic rings. The predicted molar refractivity (Wildman–Crippen MR) is 262 cm³/mol. The highest BCUT2D eigenvalue weighted by molar-refractivity contribution is 6.24. The van der Waals surface area contributed by atoms with E-state index >= 15 is 0 Å². The molecule has 0 spiro atoms. The first kappa shape index (κ1) is 47.6. The number of hydrogen-bond donors (Lipinski definition) is 2. The summed E-state index contributed by atoms with van der Waals surface area (Å²) in [5.41, 5.74) is 17.4. The second-order valence-corrected chi connectivity index (χ2v) is 18.2. The van der Waals surface area contributed by atoms with E-state index in [1.165, 1.54) is 29.4 Å². The van der Waals surface area contributed by atoms with Gasteiger partial charge >= 0.3 is 11.9 Å². The molecule has 5 aliphatic heterocycles. The van der Waals surface area contributed by atoms with Gasteiger partial charge in [-0.25, -0.2) is 15.0 Å². The third kappa shape index (κ3) is 10.2. The van der Waals surface area contributed by atoms with Crippen molar-refractivity contribution in [3.05, 3.63) is 151 Å². The van der Waals surface area contributed by atoms with Crippen LogP contribution in [0.1, 0.15) is 127 Å². The van der Waals surface area contributed by atoms with E-state index < -0.39 is 11.9 Å². The average molecular weight is 865 g/mol. The number of rotatable bonds is 17. The van der Waals surface area contributed by atoms with Crippen molar-refractivity contribution in [1.82, 2.24) is 5.32 Å². The molecule has 0 aromatic heterocycles. The number of nitrogens with zero attached hydrogens (tertiary/aromatic N) is 3. The molecule has 6 rings (SSSR count). The number of allylic oxidation sites excluding steroid dienone is 18. The average Bonchev–Trinajstić information content (AvgIpc) is 3.99. The zero-order valence-electron chi connectivity index (χ0n) is 40.1. The molecule has 0 aromatic carbocycles. The number of aliphatic imine (C=N–C) groups is 3. The van der Waals surface area contributed by atoms with Gasteiger partial charge in [-0.1, -0.05) is 67.0 Å². The van der Waals surface area contributed by atoms with Crippen LogP contribution in [0.5, 0.6) is 0 Å². The molecule has 1 saturated heterocycles. The molecule has 9 heteroatoms. The predicted octanol–water partition coefficient (Wildman–Crippen LogP) is 12.7. The highest BCUT2D eigenvalue weighted by Gasteiger charge is 2.49. The Morgan fingerprint density at radius 1 is 0.812 bits per heavy atom. The second-order valence-electron chi connectivity index (χ2n) is 18.2. The molecule has 3 atom stereocenters. The number of fused-ring (bicyclic) bond motifs is 5. The van der Waals surface area contributed by atoms with E-state index in [9.17, 15) is 14.7 Å². The monoisotopic (exact) mass is 865 g/mol. The summed E-state index contributed by atoms with van der Waals surface area (Å²) in [6.07, 6.45) is 24.4. The Morgan fingerprint density at radius 2 is 1.44 bits per heavy atom. The summed E-state index contributed by atoms with van der Waals surface area (Å²) in [6.45, 7) is 25.4. The molecule has 9 nitrogen and oxygen atoms in total. The van der Waals surface area contributed by atoms with Crippen LogP contribution in [-0.2, 0) is 19.1 Å². The van der Waals surface area contributed by atoms with Gasteiger partial charge in [0.15, 0.2) is 0 Å².